The Balaban J connectivity index is 2.05. The average Bonchev–Trinajstić information content (AvgIpc) is 2.70. The molecule has 0 aromatic carbocycles. The zero-order valence-corrected chi connectivity index (χ0v) is 15.6. The molecule has 0 saturated carbocycles. The summed E-state index contributed by atoms with van der Waals surface area (Å²) in [6.07, 6.45) is 0.993. The molecule has 2 heterocycles. The van der Waals surface area contributed by atoms with Crippen molar-refractivity contribution in [3.8, 4) is 0 Å². The fraction of sp³-hybridized carbons (Fsp3) is 0.722. The fourth-order valence-electron chi connectivity index (χ4n) is 3.04. The van der Waals surface area contributed by atoms with Crippen LogP contribution in [0.15, 0.2) is 0 Å². The van der Waals surface area contributed by atoms with Crippen molar-refractivity contribution in [3.63, 3.8) is 0 Å². The molecule has 24 heavy (non-hydrogen) atoms. The average molecular weight is 337 g/mol. The Morgan fingerprint density at radius 2 is 1.83 bits per heavy atom. The van der Waals surface area contributed by atoms with Crippen molar-refractivity contribution in [1.82, 2.24) is 9.47 Å². The van der Waals surface area contributed by atoms with Crippen LogP contribution in [0.25, 0.3) is 0 Å². The molecule has 0 aliphatic carbocycles. The number of esters is 1. The quantitative estimate of drug-likeness (QED) is 0.835. The van der Waals surface area contributed by atoms with Gasteiger partial charge in [0, 0.05) is 31.9 Å². The summed E-state index contributed by atoms with van der Waals surface area (Å²) >= 11 is 0. The van der Waals surface area contributed by atoms with Crippen LogP contribution in [-0.2, 0) is 16.0 Å². The molecule has 6 nitrogen and oxygen atoms in total. The minimum absolute atomic E-state index is 0.340. The van der Waals surface area contributed by atoms with Crippen molar-refractivity contribution < 1.29 is 14.3 Å². The lowest BCUT2D eigenvalue weighted by Crippen LogP contribution is -2.37. The molecule has 1 aromatic heterocycles. The molecule has 1 saturated heterocycles. The SMILES string of the molecule is Cc1c(C(=O)OC(C)(C)C)c(N)n(CCCN2CCOCC2)c1C. The Morgan fingerprint density at radius 1 is 1.21 bits per heavy atom. The van der Waals surface area contributed by atoms with E-state index in [4.69, 9.17) is 15.2 Å². The summed E-state index contributed by atoms with van der Waals surface area (Å²) in [5.74, 6) is 0.175. The maximum Gasteiger partial charge on any atom is 0.342 e. The predicted molar refractivity (Wildman–Crippen MR) is 95.4 cm³/mol. The van der Waals surface area contributed by atoms with Crippen LogP contribution in [-0.4, -0.2) is 53.9 Å². The minimum atomic E-state index is -0.525. The van der Waals surface area contributed by atoms with Gasteiger partial charge < -0.3 is 19.8 Å². The van der Waals surface area contributed by atoms with E-state index < -0.39 is 5.60 Å². The van der Waals surface area contributed by atoms with Gasteiger partial charge in [-0.2, -0.15) is 0 Å². The first-order chi connectivity index (χ1) is 11.2. The number of morpholine rings is 1. The summed E-state index contributed by atoms with van der Waals surface area (Å²) in [6, 6.07) is 0. The normalized spacial score (nSPS) is 16.4. The van der Waals surface area contributed by atoms with Gasteiger partial charge in [-0.15, -0.1) is 0 Å². The second kappa shape index (κ2) is 7.57. The highest BCUT2D eigenvalue weighted by atomic mass is 16.6. The summed E-state index contributed by atoms with van der Waals surface area (Å²) in [5, 5.41) is 0. The highest BCUT2D eigenvalue weighted by Crippen LogP contribution is 2.27. The standard InChI is InChI=1S/C18H31N3O3/c1-13-14(2)21(8-6-7-20-9-11-23-12-10-20)16(19)15(13)17(22)24-18(3,4)5/h6-12,19H2,1-5H3. The first-order valence-electron chi connectivity index (χ1n) is 8.69. The predicted octanol–water partition coefficient (Wildman–Crippen LogP) is 2.36. The zero-order chi connectivity index (χ0) is 17.9. The third kappa shape index (κ3) is 4.51. The summed E-state index contributed by atoms with van der Waals surface area (Å²) in [7, 11) is 0. The van der Waals surface area contributed by atoms with Gasteiger partial charge in [-0.05, 0) is 46.6 Å². The van der Waals surface area contributed by atoms with E-state index >= 15 is 0 Å². The van der Waals surface area contributed by atoms with Crippen LogP contribution < -0.4 is 5.73 Å². The highest BCUT2D eigenvalue weighted by molar-refractivity contribution is 5.97. The zero-order valence-electron chi connectivity index (χ0n) is 15.6. The molecule has 0 spiro atoms. The monoisotopic (exact) mass is 337 g/mol. The van der Waals surface area contributed by atoms with Gasteiger partial charge in [-0.1, -0.05) is 0 Å². The Labute approximate surface area is 144 Å². The topological polar surface area (TPSA) is 69.7 Å². The highest BCUT2D eigenvalue weighted by Gasteiger charge is 2.26. The number of nitrogen functional groups attached to an aromatic ring is 1. The van der Waals surface area contributed by atoms with Gasteiger partial charge in [0.25, 0.3) is 0 Å². The second-order valence-electron chi connectivity index (χ2n) is 7.43. The Hall–Kier alpha value is -1.53. The summed E-state index contributed by atoms with van der Waals surface area (Å²) in [5.41, 5.74) is 8.20. The molecule has 6 heteroatoms. The Bertz CT molecular complexity index is 581. The van der Waals surface area contributed by atoms with Crippen LogP contribution in [0.1, 0.15) is 48.8 Å². The van der Waals surface area contributed by atoms with Crippen molar-refractivity contribution in [3.05, 3.63) is 16.8 Å². The van der Waals surface area contributed by atoms with Gasteiger partial charge in [0.05, 0.1) is 13.2 Å². The summed E-state index contributed by atoms with van der Waals surface area (Å²) in [4.78, 5) is 14.9. The second-order valence-corrected chi connectivity index (χ2v) is 7.43. The van der Waals surface area contributed by atoms with Crippen molar-refractivity contribution in [2.45, 2.75) is 53.2 Å². The summed E-state index contributed by atoms with van der Waals surface area (Å²) < 4.78 is 12.9. The number of nitrogens with zero attached hydrogens (tertiary/aromatic N) is 2. The number of rotatable bonds is 5. The maximum atomic E-state index is 12.5. The number of anilines is 1. The van der Waals surface area contributed by atoms with E-state index in [1.54, 1.807) is 0 Å². The van der Waals surface area contributed by atoms with E-state index in [1.807, 2.05) is 39.2 Å². The van der Waals surface area contributed by atoms with Gasteiger partial charge in [0.1, 0.15) is 17.0 Å². The number of carbonyl (C=O) groups is 1. The van der Waals surface area contributed by atoms with Crippen LogP contribution in [0.3, 0.4) is 0 Å². The molecule has 0 atom stereocenters. The van der Waals surface area contributed by atoms with Crippen LogP contribution in [0, 0.1) is 13.8 Å². The van der Waals surface area contributed by atoms with Crippen molar-refractivity contribution in [2.75, 3.05) is 38.6 Å². The number of hydrogen-bond donors (Lipinski definition) is 1. The lowest BCUT2D eigenvalue weighted by Gasteiger charge is -2.26. The Morgan fingerprint density at radius 3 is 2.42 bits per heavy atom. The van der Waals surface area contributed by atoms with E-state index in [0.29, 0.717) is 11.4 Å². The number of carbonyl (C=O) groups excluding carboxylic acids is 1. The number of ether oxygens (including phenoxy) is 2. The first kappa shape index (κ1) is 18.8. The molecular formula is C18H31N3O3. The molecule has 1 fully saturated rings. The van der Waals surface area contributed by atoms with Gasteiger partial charge in [-0.25, -0.2) is 4.79 Å². The largest absolute Gasteiger partial charge is 0.456 e. The van der Waals surface area contributed by atoms with Crippen molar-refractivity contribution in [2.24, 2.45) is 0 Å². The molecule has 2 rings (SSSR count). The molecule has 1 aliphatic heterocycles. The lowest BCUT2D eigenvalue weighted by atomic mass is 10.1. The maximum absolute atomic E-state index is 12.5. The van der Waals surface area contributed by atoms with Gasteiger partial charge in [0.15, 0.2) is 0 Å². The number of aromatic nitrogens is 1. The molecule has 0 radical (unpaired) electrons. The van der Waals surface area contributed by atoms with Crippen LogP contribution in [0.5, 0.6) is 0 Å². The van der Waals surface area contributed by atoms with Gasteiger partial charge >= 0.3 is 5.97 Å². The number of nitrogens with two attached hydrogens (primary N) is 1. The van der Waals surface area contributed by atoms with E-state index in [9.17, 15) is 4.79 Å². The molecule has 136 valence electrons. The van der Waals surface area contributed by atoms with Crippen LogP contribution in [0.4, 0.5) is 5.82 Å². The van der Waals surface area contributed by atoms with Gasteiger partial charge in [0.2, 0.25) is 0 Å². The summed E-state index contributed by atoms with van der Waals surface area (Å²) in [6.45, 7) is 15.0. The number of hydrogen-bond acceptors (Lipinski definition) is 5. The lowest BCUT2D eigenvalue weighted by molar-refractivity contribution is 0.00700. The van der Waals surface area contributed by atoms with E-state index in [1.165, 1.54) is 0 Å². The van der Waals surface area contributed by atoms with Crippen molar-refractivity contribution in [1.29, 1.82) is 0 Å². The third-order valence-electron chi connectivity index (χ3n) is 4.43. The molecule has 1 aliphatic rings. The Kier molecular flexibility index (Phi) is 5.93. The fourth-order valence-corrected chi connectivity index (χ4v) is 3.04. The molecular weight excluding hydrogens is 306 g/mol. The van der Waals surface area contributed by atoms with Crippen LogP contribution >= 0.6 is 0 Å². The first-order valence-corrected chi connectivity index (χ1v) is 8.69. The molecule has 2 N–H and O–H groups in total. The molecule has 0 amide bonds. The van der Waals surface area contributed by atoms with Crippen molar-refractivity contribution >= 4 is 11.8 Å². The molecule has 1 aromatic rings. The minimum Gasteiger partial charge on any atom is -0.456 e. The molecule has 0 unspecified atom stereocenters. The van der Waals surface area contributed by atoms with Crippen LogP contribution in [0.2, 0.25) is 0 Å². The van der Waals surface area contributed by atoms with E-state index in [2.05, 4.69) is 4.90 Å². The molecule has 0 bridgehead atoms. The van der Waals surface area contributed by atoms with E-state index in [-0.39, 0.29) is 5.97 Å². The van der Waals surface area contributed by atoms with Gasteiger partial charge in [-0.3, -0.25) is 4.90 Å². The third-order valence-corrected chi connectivity index (χ3v) is 4.43. The smallest absolute Gasteiger partial charge is 0.342 e. The van der Waals surface area contributed by atoms with E-state index in [0.717, 1.165) is 57.1 Å².